The molecular weight excluding hydrogens is 108 g/mol. The minimum atomic E-state index is 0.658. The van der Waals surface area contributed by atoms with Crippen LogP contribution in [0, 0.1) is 10.8 Å². The largest absolute Gasteiger partial charge is 0.0649 e. The Labute approximate surface area is 58.7 Å². The van der Waals surface area contributed by atoms with E-state index < -0.39 is 0 Å². The van der Waals surface area contributed by atoms with Crippen molar-refractivity contribution in [2.24, 2.45) is 10.8 Å². The van der Waals surface area contributed by atoms with Crippen molar-refractivity contribution in [1.29, 1.82) is 0 Å². The highest BCUT2D eigenvalue weighted by molar-refractivity contribution is 4.94. The summed E-state index contributed by atoms with van der Waals surface area (Å²) in [4.78, 5) is 0. The lowest BCUT2D eigenvalue weighted by atomic mass is 9.54. The van der Waals surface area contributed by atoms with Crippen LogP contribution >= 0.6 is 0 Å². The molecule has 0 aromatic rings. The maximum absolute atomic E-state index is 2.40. The maximum atomic E-state index is 2.40. The van der Waals surface area contributed by atoms with Crippen LogP contribution in [0.4, 0.5) is 0 Å². The van der Waals surface area contributed by atoms with Crippen molar-refractivity contribution < 1.29 is 0 Å². The second kappa shape index (κ2) is 1.74. The van der Waals surface area contributed by atoms with Crippen LogP contribution < -0.4 is 0 Å². The molecule has 0 aromatic heterocycles. The summed E-state index contributed by atoms with van der Waals surface area (Å²) in [7, 11) is 0. The molecule has 0 nitrogen and oxygen atoms in total. The first-order valence-corrected chi connectivity index (χ1v) is 3.97. The fraction of sp³-hybridized carbons (Fsp3) is 1.00. The van der Waals surface area contributed by atoms with E-state index in [1.54, 1.807) is 0 Å². The first-order valence-electron chi connectivity index (χ1n) is 3.97. The molecule has 0 atom stereocenters. The van der Waals surface area contributed by atoms with Crippen molar-refractivity contribution in [3.8, 4) is 0 Å². The molecule has 9 heavy (non-hydrogen) atoms. The average molecular weight is 126 g/mol. The summed E-state index contributed by atoms with van der Waals surface area (Å²) in [6.45, 7) is 9.43. The van der Waals surface area contributed by atoms with Crippen LogP contribution in [0.3, 0.4) is 0 Å². The summed E-state index contributed by atoms with van der Waals surface area (Å²) in [5.74, 6) is 0. The Kier molecular flexibility index (Phi) is 1.38. The Bertz CT molecular complexity index is 103. The summed E-state index contributed by atoms with van der Waals surface area (Å²) in [6, 6.07) is 0. The van der Waals surface area contributed by atoms with E-state index >= 15 is 0 Å². The third-order valence-corrected chi connectivity index (χ3v) is 2.66. The normalized spacial score (nSPS) is 29.3. The zero-order chi connectivity index (χ0) is 7.12. The zero-order valence-electron chi connectivity index (χ0n) is 7.12. The van der Waals surface area contributed by atoms with Gasteiger partial charge in [-0.1, -0.05) is 34.1 Å². The molecule has 1 saturated carbocycles. The first-order chi connectivity index (χ1) is 3.97. The molecule has 0 unspecified atom stereocenters. The van der Waals surface area contributed by atoms with Gasteiger partial charge >= 0.3 is 0 Å². The second-order valence-corrected chi connectivity index (χ2v) is 4.68. The Morgan fingerprint density at radius 2 is 1.56 bits per heavy atom. The van der Waals surface area contributed by atoms with Gasteiger partial charge in [-0.3, -0.25) is 0 Å². The Hall–Kier alpha value is 0. The summed E-state index contributed by atoms with van der Waals surface area (Å²) in [6.07, 6.45) is 4.21. The lowest BCUT2D eigenvalue weighted by molar-refractivity contribution is 0.000283. The van der Waals surface area contributed by atoms with E-state index in [-0.39, 0.29) is 0 Å². The van der Waals surface area contributed by atoms with Gasteiger partial charge in [0.2, 0.25) is 0 Å². The van der Waals surface area contributed by atoms with Gasteiger partial charge < -0.3 is 0 Å². The third-order valence-electron chi connectivity index (χ3n) is 2.66. The standard InChI is InChI=1S/C9H18/c1-5-9(4)6-8(2,3)7-9/h5-7H2,1-4H3. The lowest BCUT2D eigenvalue weighted by Crippen LogP contribution is -2.40. The second-order valence-electron chi connectivity index (χ2n) is 4.68. The van der Waals surface area contributed by atoms with Crippen LogP contribution in [0.1, 0.15) is 47.0 Å². The molecule has 0 aromatic carbocycles. The minimum Gasteiger partial charge on any atom is -0.0649 e. The summed E-state index contributed by atoms with van der Waals surface area (Å²) >= 11 is 0. The van der Waals surface area contributed by atoms with E-state index in [9.17, 15) is 0 Å². The molecule has 1 rings (SSSR count). The summed E-state index contributed by atoms with van der Waals surface area (Å²) in [5, 5.41) is 0. The first kappa shape index (κ1) is 7.11. The smallest absolute Gasteiger partial charge is 0.0318 e. The maximum Gasteiger partial charge on any atom is -0.0318 e. The van der Waals surface area contributed by atoms with Gasteiger partial charge in [0.25, 0.3) is 0 Å². The van der Waals surface area contributed by atoms with Crippen LogP contribution in [0.25, 0.3) is 0 Å². The number of hydrogen-bond donors (Lipinski definition) is 0. The van der Waals surface area contributed by atoms with Gasteiger partial charge in [-0.2, -0.15) is 0 Å². The topological polar surface area (TPSA) is 0 Å². The molecule has 0 heterocycles. The molecular formula is C9H18. The van der Waals surface area contributed by atoms with Gasteiger partial charge in [0, 0.05) is 0 Å². The average Bonchev–Trinajstić information content (AvgIpc) is 1.61. The predicted molar refractivity (Wildman–Crippen MR) is 41.4 cm³/mol. The van der Waals surface area contributed by atoms with Gasteiger partial charge in [-0.25, -0.2) is 0 Å². The van der Waals surface area contributed by atoms with Crippen molar-refractivity contribution in [2.45, 2.75) is 47.0 Å². The fourth-order valence-electron chi connectivity index (χ4n) is 2.51. The van der Waals surface area contributed by atoms with E-state index in [2.05, 4.69) is 27.7 Å². The predicted octanol–water partition coefficient (Wildman–Crippen LogP) is 3.22. The van der Waals surface area contributed by atoms with Crippen molar-refractivity contribution in [3.63, 3.8) is 0 Å². The fourth-order valence-corrected chi connectivity index (χ4v) is 2.51. The van der Waals surface area contributed by atoms with E-state index in [4.69, 9.17) is 0 Å². The summed E-state index contributed by atoms with van der Waals surface area (Å²) < 4.78 is 0. The molecule has 1 fully saturated rings. The molecule has 0 heteroatoms. The zero-order valence-corrected chi connectivity index (χ0v) is 7.12. The molecule has 1 aliphatic rings. The quantitative estimate of drug-likeness (QED) is 0.506. The monoisotopic (exact) mass is 126 g/mol. The lowest BCUT2D eigenvalue weighted by Gasteiger charge is -2.51. The van der Waals surface area contributed by atoms with E-state index in [1.807, 2.05) is 0 Å². The Morgan fingerprint density at radius 3 is 1.67 bits per heavy atom. The Balaban J connectivity index is 2.41. The van der Waals surface area contributed by atoms with Gasteiger partial charge in [0.1, 0.15) is 0 Å². The Morgan fingerprint density at radius 1 is 1.11 bits per heavy atom. The SMILES string of the molecule is CCC1(C)CC(C)(C)C1. The van der Waals surface area contributed by atoms with Crippen molar-refractivity contribution in [2.75, 3.05) is 0 Å². The molecule has 0 saturated heterocycles. The minimum absolute atomic E-state index is 0.658. The van der Waals surface area contributed by atoms with Crippen LogP contribution in [-0.4, -0.2) is 0 Å². The van der Waals surface area contributed by atoms with Gasteiger partial charge in [0.15, 0.2) is 0 Å². The van der Waals surface area contributed by atoms with Crippen LogP contribution in [-0.2, 0) is 0 Å². The van der Waals surface area contributed by atoms with Crippen LogP contribution in [0.15, 0.2) is 0 Å². The molecule has 0 spiro atoms. The van der Waals surface area contributed by atoms with Gasteiger partial charge in [0.05, 0.1) is 0 Å². The van der Waals surface area contributed by atoms with E-state index in [1.165, 1.54) is 19.3 Å². The molecule has 0 N–H and O–H groups in total. The molecule has 0 bridgehead atoms. The van der Waals surface area contributed by atoms with Crippen LogP contribution in [0.5, 0.6) is 0 Å². The van der Waals surface area contributed by atoms with E-state index in [0.717, 1.165) is 0 Å². The van der Waals surface area contributed by atoms with Gasteiger partial charge in [-0.05, 0) is 23.7 Å². The van der Waals surface area contributed by atoms with Crippen LogP contribution in [0.2, 0.25) is 0 Å². The molecule has 0 radical (unpaired) electrons. The highest BCUT2D eigenvalue weighted by Gasteiger charge is 2.43. The third kappa shape index (κ3) is 1.28. The number of hydrogen-bond acceptors (Lipinski definition) is 0. The molecule has 54 valence electrons. The van der Waals surface area contributed by atoms with Crippen molar-refractivity contribution in [3.05, 3.63) is 0 Å². The van der Waals surface area contributed by atoms with E-state index in [0.29, 0.717) is 10.8 Å². The molecule has 0 amide bonds. The highest BCUT2D eigenvalue weighted by Crippen LogP contribution is 2.55. The number of rotatable bonds is 1. The molecule has 1 aliphatic carbocycles. The van der Waals surface area contributed by atoms with Crippen molar-refractivity contribution in [1.82, 2.24) is 0 Å². The molecule has 0 aliphatic heterocycles. The summed E-state index contributed by atoms with van der Waals surface area (Å²) in [5.41, 5.74) is 1.36. The van der Waals surface area contributed by atoms with Crippen molar-refractivity contribution >= 4 is 0 Å². The highest BCUT2D eigenvalue weighted by atomic mass is 14.5. The van der Waals surface area contributed by atoms with Gasteiger partial charge in [-0.15, -0.1) is 0 Å².